The second kappa shape index (κ2) is 5.86. The molecule has 0 spiro atoms. The summed E-state index contributed by atoms with van der Waals surface area (Å²) in [5, 5.41) is 3.38. The van der Waals surface area contributed by atoms with E-state index in [9.17, 15) is 0 Å². The molecule has 1 aliphatic rings. The van der Waals surface area contributed by atoms with Crippen LogP contribution in [0.4, 0.5) is 0 Å². The zero-order valence-electron chi connectivity index (χ0n) is 10.8. The Balaban J connectivity index is 2.13. The van der Waals surface area contributed by atoms with Crippen molar-refractivity contribution in [2.24, 2.45) is 5.41 Å². The van der Waals surface area contributed by atoms with Crippen molar-refractivity contribution in [2.75, 3.05) is 13.2 Å². The largest absolute Gasteiger partial charge is 0.377 e. The molecule has 1 fully saturated rings. The van der Waals surface area contributed by atoms with E-state index in [0.29, 0.717) is 17.6 Å². The van der Waals surface area contributed by atoms with Crippen LogP contribution in [0.15, 0.2) is 0 Å². The lowest BCUT2D eigenvalue weighted by atomic mass is 9.76. The third kappa shape index (κ3) is 4.98. The van der Waals surface area contributed by atoms with E-state index in [1.165, 1.54) is 25.7 Å². The monoisotopic (exact) mass is 213 g/mol. The van der Waals surface area contributed by atoms with E-state index in [0.717, 1.165) is 13.2 Å². The average Bonchev–Trinajstić information content (AvgIpc) is 2.17. The topological polar surface area (TPSA) is 21.3 Å². The van der Waals surface area contributed by atoms with Gasteiger partial charge in [-0.2, -0.15) is 0 Å². The van der Waals surface area contributed by atoms with Gasteiger partial charge in [0.2, 0.25) is 0 Å². The van der Waals surface area contributed by atoms with E-state index in [2.05, 4.69) is 33.0 Å². The van der Waals surface area contributed by atoms with Crippen LogP contribution in [0.2, 0.25) is 0 Å². The molecule has 1 unspecified atom stereocenters. The Morgan fingerprint density at radius 2 is 1.93 bits per heavy atom. The lowest BCUT2D eigenvalue weighted by molar-refractivity contribution is -0.00340. The first-order valence-electron chi connectivity index (χ1n) is 6.38. The number of likely N-dealkylation sites (N-methyl/N-ethyl adjacent to an activating group) is 1. The van der Waals surface area contributed by atoms with Crippen molar-refractivity contribution in [3.8, 4) is 0 Å². The van der Waals surface area contributed by atoms with Crippen molar-refractivity contribution in [1.82, 2.24) is 5.32 Å². The molecule has 0 aromatic carbocycles. The van der Waals surface area contributed by atoms with Crippen molar-refractivity contribution >= 4 is 0 Å². The Kier molecular flexibility index (Phi) is 5.07. The predicted octanol–water partition coefficient (Wildman–Crippen LogP) is 2.97. The van der Waals surface area contributed by atoms with Gasteiger partial charge in [-0.25, -0.2) is 0 Å². The maximum absolute atomic E-state index is 5.93. The first-order valence-corrected chi connectivity index (χ1v) is 6.38. The Hall–Kier alpha value is -0.0800. The number of hydrogen-bond acceptors (Lipinski definition) is 2. The molecule has 0 aromatic heterocycles. The summed E-state index contributed by atoms with van der Waals surface area (Å²) in [4.78, 5) is 0. The summed E-state index contributed by atoms with van der Waals surface area (Å²) >= 11 is 0. The van der Waals surface area contributed by atoms with E-state index in [-0.39, 0.29) is 0 Å². The summed E-state index contributed by atoms with van der Waals surface area (Å²) < 4.78 is 5.93. The van der Waals surface area contributed by atoms with Gasteiger partial charge in [0.05, 0.1) is 12.7 Å². The number of rotatable bonds is 5. The standard InChI is InChI=1S/C13H27NO/c1-5-14-11(2)10-15-12-6-8-13(3,4)9-7-12/h11-12,14H,5-10H2,1-4H3. The highest BCUT2D eigenvalue weighted by atomic mass is 16.5. The summed E-state index contributed by atoms with van der Waals surface area (Å²) in [6.07, 6.45) is 5.62. The van der Waals surface area contributed by atoms with Gasteiger partial charge < -0.3 is 10.1 Å². The maximum atomic E-state index is 5.93. The summed E-state index contributed by atoms with van der Waals surface area (Å²) in [5.41, 5.74) is 0.549. The molecule has 0 amide bonds. The SMILES string of the molecule is CCNC(C)COC1CCC(C)(C)CC1. The van der Waals surface area contributed by atoms with Gasteiger partial charge >= 0.3 is 0 Å². The fourth-order valence-corrected chi connectivity index (χ4v) is 2.23. The van der Waals surface area contributed by atoms with Gasteiger partial charge in [0.1, 0.15) is 0 Å². The Morgan fingerprint density at radius 3 is 2.47 bits per heavy atom. The third-order valence-electron chi connectivity index (χ3n) is 3.42. The first kappa shape index (κ1) is 13.0. The van der Waals surface area contributed by atoms with E-state index >= 15 is 0 Å². The molecule has 1 atom stereocenters. The van der Waals surface area contributed by atoms with Crippen molar-refractivity contribution in [1.29, 1.82) is 0 Å². The highest BCUT2D eigenvalue weighted by Crippen LogP contribution is 2.36. The Morgan fingerprint density at radius 1 is 1.33 bits per heavy atom. The average molecular weight is 213 g/mol. The second-order valence-electron chi connectivity index (χ2n) is 5.66. The fraction of sp³-hybridized carbons (Fsp3) is 1.00. The normalized spacial score (nSPS) is 24.0. The van der Waals surface area contributed by atoms with Crippen LogP contribution in [0.3, 0.4) is 0 Å². The molecule has 15 heavy (non-hydrogen) atoms. The Bertz CT molecular complexity index is 169. The van der Waals surface area contributed by atoms with Crippen LogP contribution in [0, 0.1) is 5.41 Å². The molecule has 1 N–H and O–H groups in total. The minimum absolute atomic E-state index is 0.491. The number of ether oxygens (including phenoxy) is 1. The van der Waals surface area contributed by atoms with Crippen LogP contribution in [-0.2, 0) is 4.74 Å². The predicted molar refractivity (Wildman–Crippen MR) is 65.1 cm³/mol. The van der Waals surface area contributed by atoms with Gasteiger partial charge in [-0.3, -0.25) is 0 Å². The van der Waals surface area contributed by atoms with E-state index in [4.69, 9.17) is 4.74 Å². The van der Waals surface area contributed by atoms with Crippen LogP contribution < -0.4 is 5.32 Å². The molecule has 1 saturated carbocycles. The molecule has 2 nitrogen and oxygen atoms in total. The van der Waals surface area contributed by atoms with Crippen molar-refractivity contribution in [2.45, 2.75) is 65.5 Å². The van der Waals surface area contributed by atoms with Crippen LogP contribution in [0.5, 0.6) is 0 Å². The zero-order chi connectivity index (χ0) is 11.3. The van der Waals surface area contributed by atoms with Gasteiger partial charge in [0, 0.05) is 6.04 Å². The zero-order valence-corrected chi connectivity index (χ0v) is 10.8. The summed E-state index contributed by atoms with van der Waals surface area (Å²) in [6, 6.07) is 0.491. The molecule has 0 radical (unpaired) electrons. The molecule has 2 heteroatoms. The maximum Gasteiger partial charge on any atom is 0.0620 e. The highest BCUT2D eigenvalue weighted by molar-refractivity contribution is 4.79. The van der Waals surface area contributed by atoms with E-state index in [1.807, 2.05) is 0 Å². The second-order valence-corrected chi connectivity index (χ2v) is 5.66. The van der Waals surface area contributed by atoms with Crippen LogP contribution in [-0.4, -0.2) is 25.3 Å². The molecule has 1 rings (SSSR count). The van der Waals surface area contributed by atoms with Crippen molar-refractivity contribution in [3.05, 3.63) is 0 Å². The molecule has 1 aliphatic carbocycles. The van der Waals surface area contributed by atoms with Gasteiger partial charge in [-0.1, -0.05) is 20.8 Å². The van der Waals surface area contributed by atoms with Gasteiger partial charge in [-0.05, 0) is 44.6 Å². The number of nitrogens with one attached hydrogen (secondary N) is 1. The lowest BCUT2D eigenvalue weighted by Crippen LogP contribution is -2.34. The first-order chi connectivity index (χ1) is 7.03. The Labute approximate surface area is 94.8 Å². The van der Waals surface area contributed by atoms with Crippen LogP contribution in [0.1, 0.15) is 53.4 Å². The van der Waals surface area contributed by atoms with Gasteiger partial charge in [0.15, 0.2) is 0 Å². The minimum atomic E-state index is 0.491. The van der Waals surface area contributed by atoms with Gasteiger partial charge in [0.25, 0.3) is 0 Å². The number of hydrogen-bond donors (Lipinski definition) is 1. The smallest absolute Gasteiger partial charge is 0.0620 e. The van der Waals surface area contributed by atoms with Crippen molar-refractivity contribution in [3.63, 3.8) is 0 Å². The summed E-state index contributed by atoms with van der Waals surface area (Å²) in [6.45, 7) is 11.0. The lowest BCUT2D eigenvalue weighted by Gasteiger charge is -2.34. The molecule has 0 heterocycles. The summed E-state index contributed by atoms with van der Waals surface area (Å²) in [7, 11) is 0. The van der Waals surface area contributed by atoms with Crippen LogP contribution >= 0.6 is 0 Å². The van der Waals surface area contributed by atoms with E-state index < -0.39 is 0 Å². The molecule has 0 saturated heterocycles. The molecule has 0 aromatic rings. The molecule has 90 valence electrons. The molecule has 0 aliphatic heterocycles. The molecular weight excluding hydrogens is 186 g/mol. The van der Waals surface area contributed by atoms with Gasteiger partial charge in [-0.15, -0.1) is 0 Å². The van der Waals surface area contributed by atoms with Crippen molar-refractivity contribution < 1.29 is 4.74 Å². The fourth-order valence-electron chi connectivity index (χ4n) is 2.23. The summed E-state index contributed by atoms with van der Waals surface area (Å²) in [5.74, 6) is 0. The third-order valence-corrected chi connectivity index (χ3v) is 3.42. The van der Waals surface area contributed by atoms with E-state index in [1.54, 1.807) is 0 Å². The van der Waals surface area contributed by atoms with Crippen LogP contribution in [0.25, 0.3) is 0 Å². The quantitative estimate of drug-likeness (QED) is 0.758. The minimum Gasteiger partial charge on any atom is -0.377 e. The molecule has 0 bridgehead atoms. The molecular formula is C13H27NO. The highest BCUT2D eigenvalue weighted by Gasteiger charge is 2.27.